The fourth-order valence-corrected chi connectivity index (χ4v) is 3.23. The van der Waals surface area contributed by atoms with Crippen molar-refractivity contribution in [3.05, 3.63) is 23.8 Å². The van der Waals surface area contributed by atoms with E-state index in [1.165, 1.54) is 19.3 Å². The summed E-state index contributed by atoms with van der Waals surface area (Å²) in [5.74, 6) is 1.83. The van der Waals surface area contributed by atoms with E-state index in [1.54, 1.807) is 0 Å². The SMILES string of the molecule is N[C@H](c1ccc2c(c1)OCCO2)[C@@H](O)C1CCCCC1. The van der Waals surface area contributed by atoms with Crippen LogP contribution in [0.2, 0.25) is 0 Å². The molecule has 3 N–H and O–H groups in total. The van der Waals surface area contributed by atoms with Crippen LogP contribution in [-0.4, -0.2) is 24.4 Å². The first-order valence-electron chi connectivity index (χ1n) is 7.59. The summed E-state index contributed by atoms with van der Waals surface area (Å²) in [5.41, 5.74) is 7.18. The first-order chi connectivity index (χ1) is 9.75. The molecule has 1 heterocycles. The Labute approximate surface area is 119 Å². The largest absolute Gasteiger partial charge is 0.486 e. The third kappa shape index (κ3) is 2.76. The van der Waals surface area contributed by atoms with Gasteiger partial charge in [-0.3, -0.25) is 0 Å². The van der Waals surface area contributed by atoms with Crippen LogP contribution >= 0.6 is 0 Å². The van der Waals surface area contributed by atoms with Gasteiger partial charge in [0.1, 0.15) is 13.2 Å². The second kappa shape index (κ2) is 6.02. The van der Waals surface area contributed by atoms with Crippen molar-refractivity contribution in [1.29, 1.82) is 0 Å². The molecule has 1 aliphatic carbocycles. The van der Waals surface area contributed by atoms with Crippen LogP contribution in [0.25, 0.3) is 0 Å². The molecule has 2 aliphatic rings. The summed E-state index contributed by atoms with van der Waals surface area (Å²) < 4.78 is 11.1. The topological polar surface area (TPSA) is 64.7 Å². The molecule has 1 saturated carbocycles. The highest BCUT2D eigenvalue weighted by atomic mass is 16.6. The zero-order valence-corrected chi connectivity index (χ0v) is 11.8. The fourth-order valence-electron chi connectivity index (χ4n) is 3.23. The van der Waals surface area contributed by atoms with Crippen molar-refractivity contribution < 1.29 is 14.6 Å². The van der Waals surface area contributed by atoms with E-state index in [-0.39, 0.29) is 6.04 Å². The van der Waals surface area contributed by atoms with Crippen LogP contribution in [0.1, 0.15) is 43.7 Å². The lowest BCUT2D eigenvalue weighted by molar-refractivity contribution is 0.0616. The van der Waals surface area contributed by atoms with Crippen molar-refractivity contribution in [2.24, 2.45) is 11.7 Å². The number of aliphatic hydroxyl groups is 1. The molecule has 0 unspecified atom stereocenters. The lowest BCUT2D eigenvalue weighted by atomic mass is 9.81. The molecule has 0 saturated heterocycles. The van der Waals surface area contributed by atoms with Crippen LogP contribution in [-0.2, 0) is 0 Å². The van der Waals surface area contributed by atoms with Crippen LogP contribution in [0.3, 0.4) is 0 Å². The maximum Gasteiger partial charge on any atom is 0.161 e. The van der Waals surface area contributed by atoms with E-state index in [9.17, 15) is 5.11 Å². The van der Waals surface area contributed by atoms with Gasteiger partial charge in [0.2, 0.25) is 0 Å². The van der Waals surface area contributed by atoms with Gasteiger partial charge >= 0.3 is 0 Å². The van der Waals surface area contributed by atoms with Crippen molar-refractivity contribution >= 4 is 0 Å². The molecular weight excluding hydrogens is 254 g/mol. The van der Waals surface area contributed by atoms with Crippen molar-refractivity contribution in [3.8, 4) is 11.5 Å². The number of hydrogen-bond donors (Lipinski definition) is 2. The average molecular weight is 277 g/mol. The van der Waals surface area contributed by atoms with Crippen molar-refractivity contribution in [3.63, 3.8) is 0 Å². The van der Waals surface area contributed by atoms with Crippen molar-refractivity contribution in [2.45, 2.75) is 44.2 Å². The molecule has 0 bridgehead atoms. The lowest BCUT2D eigenvalue weighted by Crippen LogP contribution is -2.34. The van der Waals surface area contributed by atoms with Gasteiger partial charge in [0.25, 0.3) is 0 Å². The maximum atomic E-state index is 10.5. The summed E-state index contributed by atoms with van der Waals surface area (Å²) in [7, 11) is 0. The molecule has 0 aromatic heterocycles. The number of hydrogen-bond acceptors (Lipinski definition) is 4. The number of nitrogens with two attached hydrogens (primary N) is 1. The Morgan fingerprint density at radius 2 is 1.75 bits per heavy atom. The first kappa shape index (κ1) is 13.7. The molecule has 20 heavy (non-hydrogen) atoms. The summed E-state index contributed by atoms with van der Waals surface area (Å²) in [6.07, 6.45) is 5.38. The van der Waals surface area contributed by atoms with Gasteiger partial charge in [-0.05, 0) is 36.5 Å². The van der Waals surface area contributed by atoms with Crippen LogP contribution < -0.4 is 15.2 Å². The predicted octanol–water partition coefficient (Wildman–Crippen LogP) is 2.40. The van der Waals surface area contributed by atoms with E-state index in [0.717, 1.165) is 29.9 Å². The van der Waals surface area contributed by atoms with E-state index in [0.29, 0.717) is 19.1 Å². The Bertz CT molecular complexity index is 457. The fraction of sp³-hybridized carbons (Fsp3) is 0.625. The Morgan fingerprint density at radius 1 is 1.05 bits per heavy atom. The second-order valence-electron chi connectivity index (χ2n) is 5.82. The lowest BCUT2D eigenvalue weighted by Gasteiger charge is -2.31. The molecule has 4 nitrogen and oxygen atoms in total. The van der Waals surface area contributed by atoms with E-state index in [4.69, 9.17) is 15.2 Å². The number of rotatable bonds is 3. The molecule has 1 aromatic rings. The molecule has 1 aliphatic heterocycles. The molecule has 2 atom stereocenters. The molecule has 1 fully saturated rings. The Kier molecular flexibility index (Phi) is 4.13. The minimum Gasteiger partial charge on any atom is -0.486 e. The highest BCUT2D eigenvalue weighted by molar-refractivity contribution is 5.44. The molecule has 0 spiro atoms. The standard InChI is InChI=1S/C16H23NO3/c17-15(16(18)11-4-2-1-3-5-11)12-6-7-13-14(10-12)20-9-8-19-13/h6-7,10-11,15-16,18H,1-5,8-9,17H2/t15-,16+/m1/s1. The number of aliphatic hydroxyl groups excluding tert-OH is 1. The van der Waals surface area contributed by atoms with Gasteiger partial charge in [0, 0.05) is 0 Å². The smallest absolute Gasteiger partial charge is 0.161 e. The summed E-state index contributed by atoms with van der Waals surface area (Å²) in [5, 5.41) is 10.5. The highest BCUT2D eigenvalue weighted by Crippen LogP contribution is 2.35. The van der Waals surface area contributed by atoms with E-state index in [1.807, 2.05) is 18.2 Å². The van der Waals surface area contributed by atoms with Crippen LogP contribution in [0.15, 0.2) is 18.2 Å². The second-order valence-corrected chi connectivity index (χ2v) is 5.82. The zero-order valence-electron chi connectivity index (χ0n) is 11.8. The van der Waals surface area contributed by atoms with E-state index >= 15 is 0 Å². The van der Waals surface area contributed by atoms with Crippen molar-refractivity contribution in [1.82, 2.24) is 0 Å². The number of ether oxygens (including phenoxy) is 2. The summed E-state index contributed by atoms with van der Waals surface area (Å²) in [6, 6.07) is 5.38. The van der Waals surface area contributed by atoms with E-state index < -0.39 is 6.10 Å². The Balaban J connectivity index is 1.74. The van der Waals surface area contributed by atoms with Crippen molar-refractivity contribution in [2.75, 3.05) is 13.2 Å². The molecule has 1 aromatic carbocycles. The molecular formula is C16H23NO3. The molecule has 110 valence electrons. The van der Waals surface area contributed by atoms with Crippen LogP contribution in [0, 0.1) is 5.92 Å². The normalized spacial score (nSPS) is 22.3. The van der Waals surface area contributed by atoms with Gasteiger partial charge in [-0.15, -0.1) is 0 Å². The highest BCUT2D eigenvalue weighted by Gasteiger charge is 2.28. The number of fused-ring (bicyclic) bond motifs is 1. The average Bonchev–Trinajstić information content (AvgIpc) is 2.54. The van der Waals surface area contributed by atoms with Gasteiger partial charge in [0.15, 0.2) is 11.5 Å². The van der Waals surface area contributed by atoms with Gasteiger partial charge in [0.05, 0.1) is 12.1 Å². The number of benzene rings is 1. The van der Waals surface area contributed by atoms with Crippen LogP contribution in [0.5, 0.6) is 11.5 Å². The minimum absolute atomic E-state index is 0.326. The maximum absolute atomic E-state index is 10.5. The minimum atomic E-state index is -0.474. The first-order valence-corrected chi connectivity index (χ1v) is 7.59. The molecule has 0 amide bonds. The Hall–Kier alpha value is -1.26. The molecule has 3 rings (SSSR count). The van der Waals surface area contributed by atoms with Gasteiger partial charge in [-0.2, -0.15) is 0 Å². The molecule has 4 heteroatoms. The summed E-state index contributed by atoms with van der Waals surface area (Å²) >= 11 is 0. The van der Waals surface area contributed by atoms with Gasteiger partial charge < -0.3 is 20.3 Å². The summed E-state index contributed by atoms with van der Waals surface area (Å²) in [4.78, 5) is 0. The van der Waals surface area contributed by atoms with Crippen LogP contribution in [0.4, 0.5) is 0 Å². The quantitative estimate of drug-likeness (QED) is 0.890. The third-order valence-corrected chi connectivity index (χ3v) is 4.45. The van der Waals surface area contributed by atoms with Gasteiger partial charge in [-0.25, -0.2) is 0 Å². The van der Waals surface area contributed by atoms with Gasteiger partial charge in [-0.1, -0.05) is 25.3 Å². The monoisotopic (exact) mass is 277 g/mol. The molecule has 0 radical (unpaired) electrons. The third-order valence-electron chi connectivity index (χ3n) is 4.45. The predicted molar refractivity (Wildman–Crippen MR) is 76.9 cm³/mol. The Morgan fingerprint density at radius 3 is 2.50 bits per heavy atom. The summed E-state index contributed by atoms with van der Waals surface area (Å²) in [6.45, 7) is 1.15. The van der Waals surface area contributed by atoms with E-state index in [2.05, 4.69) is 0 Å². The zero-order chi connectivity index (χ0) is 13.9.